The van der Waals surface area contributed by atoms with Gasteiger partial charge in [0.2, 0.25) is 15.9 Å². The van der Waals surface area contributed by atoms with E-state index in [0.717, 1.165) is 4.31 Å². The van der Waals surface area contributed by atoms with E-state index in [-0.39, 0.29) is 36.1 Å². The highest BCUT2D eigenvalue weighted by Crippen LogP contribution is 2.21. The molecule has 0 atom stereocenters. The summed E-state index contributed by atoms with van der Waals surface area (Å²) in [6.45, 7) is 0.204. The van der Waals surface area contributed by atoms with Crippen LogP contribution in [0, 0.1) is 0 Å². The van der Waals surface area contributed by atoms with E-state index in [1.165, 1.54) is 22.9 Å². The molecule has 2 heterocycles. The van der Waals surface area contributed by atoms with Gasteiger partial charge >= 0.3 is 0 Å². The molecule has 4 rings (SSSR count). The van der Waals surface area contributed by atoms with Gasteiger partial charge < -0.3 is 10.6 Å². The van der Waals surface area contributed by atoms with Crippen LogP contribution in [0.4, 0.5) is 5.69 Å². The molecule has 2 N–H and O–H groups in total. The molecule has 160 valence electrons. The van der Waals surface area contributed by atoms with Gasteiger partial charge in [-0.1, -0.05) is 23.7 Å². The minimum Gasteiger partial charge on any atom is -0.354 e. The number of rotatable bonds is 5. The molecule has 0 spiro atoms. The molecule has 0 unspecified atom stereocenters. The van der Waals surface area contributed by atoms with E-state index in [4.69, 9.17) is 11.6 Å². The fourth-order valence-corrected chi connectivity index (χ4v) is 4.73. The van der Waals surface area contributed by atoms with Crippen molar-refractivity contribution in [1.82, 2.24) is 19.4 Å². The summed E-state index contributed by atoms with van der Waals surface area (Å²) in [4.78, 5) is 24.1. The summed E-state index contributed by atoms with van der Waals surface area (Å²) < 4.78 is 28.3. The van der Waals surface area contributed by atoms with Gasteiger partial charge in [0.25, 0.3) is 5.91 Å². The van der Waals surface area contributed by atoms with Crippen LogP contribution in [-0.4, -0.2) is 54.0 Å². The van der Waals surface area contributed by atoms with Gasteiger partial charge in [-0.2, -0.15) is 9.40 Å². The second-order valence-electron chi connectivity index (χ2n) is 6.80. The molecule has 0 radical (unpaired) electrons. The zero-order chi connectivity index (χ0) is 22.0. The number of hydrogen-bond donors (Lipinski definition) is 2. The lowest BCUT2D eigenvalue weighted by molar-refractivity contribution is -0.122. The monoisotopic (exact) mass is 459 g/mol. The number of sulfonamides is 1. The maximum atomic E-state index is 12.8. The Morgan fingerprint density at radius 2 is 1.94 bits per heavy atom. The zero-order valence-corrected chi connectivity index (χ0v) is 17.7. The van der Waals surface area contributed by atoms with E-state index < -0.39 is 15.9 Å². The topological polar surface area (TPSA) is 113 Å². The summed E-state index contributed by atoms with van der Waals surface area (Å²) in [7, 11) is -3.86. The lowest BCUT2D eigenvalue weighted by atomic mass is 10.3. The molecule has 1 fully saturated rings. The van der Waals surface area contributed by atoms with Crippen molar-refractivity contribution in [3.63, 3.8) is 0 Å². The second kappa shape index (κ2) is 8.50. The summed E-state index contributed by atoms with van der Waals surface area (Å²) in [5.74, 6) is -0.845. The Balaban J connectivity index is 1.51. The molecule has 0 aliphatic carbocycles. The Labute approximate surface area is 183 Å². The Kier molecular flexibility index (Phi) is 5.77. The van der Waals surface area contributed by atoms with Crippen LogP contribution in [0.15, 0.2) is 65.7 Å². The van der Waals surface area contributed by atoms with Crippen LogP contribution >= 0.6 is 11.6 Å². The van der Waals surface area contributed by atoms with E-state index in [1.54, 1.807) is 42.6 Å². The number of amides is 2. The van der Waals surface area contributed by atoms with E-state index in [2.05, 4.69) is 15.7 Å². The van der Waals surface area contributed by atoms with Crippen molar-refractivity contribution in [1.29, 1.82) is 0 Å². The van der Waals surface area contributed by atoms with Crippen LogP contribution in [0.3, 0.4) is 0 Å². The number of carbonyl (C=O) groups excluding carboxylic acids is 2. The van der Waals surface area contributed by atoms with Crippen LogP contribution in [0.1, 0.15) is 10.5 Å². The summed E-state index contributed by atoms with van der Waals surface area (Å²) in [6.07, 6.45) is 1.63. The Bertz CT molecular complexity index is 1260. The minimum absolute atomic E-state index is 0.00976. The van der Waals surface area contributed by atoms with Crippen LogP contribution in [-0.2, 0) is 14.8 Å². The number of carbonyl (C=O) groups is 2. The van der Waals surface area contributed by atoms with Gasteiger partial charge in [-0.3, -0.25) is 9.59 Å². The molecule has 1 saturated heterocycles. The number of nitrogens with zero attached hydrogens (tertiary/aromatic N) is 3. The first kappa shape index (κ1) is 21.0. The lowest BCUT2D eigenvalue weighted by Gasteiger charge is -2.26. The fraction of sp³-hybridized carbons (Fsp3) is 0.150. The van der Waals surface area contributed by atoms with E-state index in [9.17, 15) is 18.0 Å². The van der Waals surface area contributed by atoms with Gasteiger partial charge in [-0.25, -0.2) is 13.1 Å². The number of anilines is 1. The van der Waals surface area contributed by atoms with Gasteiger partial charge in [-0.15, -0.1) is 0 Å². The van der Waals surface area contributed by atoms with Crippen molar-refractivity contribution in [2.24, 2.45) is 0 Å². The first-order valence-corrected chi connectivity index (χ1v) is 11.1. The third-order valence-electron chi connectivity index (χ3n) is 4.63. The average Bonchev–Trinajstić information content (AvgIpc) is 3.24. The molecule has 11 heteroatoms. The minimum atomic E-state index is -3.86. The predicted molar refractivity (Wildman–Crippen MR) is 115 cm³/mol. The molecule has 0 saturated carbocycles. The highest BCUT2D eigenvalue weighted by atomic mass is 35.5. The quantitative estimate of drug-likeness (QED) is 0.605. The Hall–Kier alpha value is -3.21. The third kappa shape index (κ3) is 4.61. The molecule has 2 aromatic carbocycles. The van der Waals surface area contributed by atoms with E-state index >= 15 is 0 Å². The third-order valence-corrected chi connectivity index (χ3v) is 6.70. The van der Waals surface area contributed by atoms with E-state index in [1.807, 2.05) is 0 Å². The largest absolute Gasteiger partial charge is 0.354 e. The molecule has 3 aromatic rings. The zero-order valence-electron chi connectivity index (χ0n) is 16.2. The van der Waals surface area contributed by atoms with Gasteiger partial charge in [0, 0.05) is 30.0 Å². The second-order valence-corrected chi connectivity index (χ2v) is 9.17. The number of halogens is 1. The van der Waals surface area contributed by atoms with Crippen molar-refractivity contribution in [2.45, 2.75) is 4.90 Å². The molecule has 1 aliphatic rings. The molecule has 9 nitrogen and oxygen atoms in total. The molecule has 2 amide bonds. The summed E-state index contributed by atoms with van der Waals surface area (Å²) >= 11 is 5.99. The first-order chi connectivity index (χ1) is 14.8. The predicted octanol–water partition coefficient (Wildman–Crippen LogP) is 1.90. The summed E-state index contributed by atoms with van der Waals surface area (Å²) in [5, 5.41) is 10.0. The molecule has 31 heavy (non-hydrogen) atoms. The maximum Gasteiger partial charge on any atom is 0.276 e. The number of nitrogens with one attached hydrogen (secondary N) is 2. The highest BCUT2D eigenvalue weighted by molar-refractivity contribution is 7.89. The Morgan fingerprint density at radius 3 is 2.71 bits per heavy atom. The normalized spacial score (nSPS) is 14.8. The average molecular weight is 460 g/mol. The van der Waals surface area contributed by atoms with Crippen LogP contribution < -0.4 is 10.6 Å². The number of piperazine rings is 1. The molecule has 1 aliphatic heterocycles. The maximum absolute atomic E-state index is 12.8. The fourth-order valence-electron chi connectivity index (χ4n) is 3.11. The van der Waals surface area contributed by atoms with Crippen LogP contribution in [0.5, 0.6) is 0 Å². The van der Waals surface area contributed by atoms with Crippen molar-refractivity contribution < 1.29 is 18.0 Å². The number of benzene rings is 2. The molecular weight excluding hydrogens is 442 g/mol. The number of aromatic nitrogens is 2. The molecule has 0 bridgehead atoms. The standard InChI is InChI=1S/C20H18ClN5O4S/c21-14-3-1-5-16(11-14)26-9-7-18(24-26)20(28)23-15-4-2-6-17(12-15)31(29,30)25-10-8-22-19(27)13-25/h1-7,9,11-12H,8,10,13H2,(H,22,27)(H,23,28). The summed E-state index contributed by atoms with van der Waals surface area (Å²) in [6, 6.07) is 14.4. The van der Waals surface area contributed by atoms with Crippen molar-refractivity contribution in [3.8, 4) is 5.69 Å². The summed E-state index contributed by atoms with van der Waals surface area (Å²) in [5.41, 5.74) is 1.15. The Morgan fingerprint density at radius 1 is 1.13 bits per heavy atom. The van der Waals surface area contributed by atoms with E-state index in [0.29, 0.717) is 16.4 Å². The first-order valence-electron chi connectivity index (χ1n) is 9.33. The van der Waals surface area contributed by atoms with Crippen LogP contribution in [0.25, 0.3) is 5.69 Å². The van der Waals surface area contributed by atoms with Gasteiger partial charge in [-0.05, 0) is 42.5 Å². The van der Waals surface area contributed by atoms with Crippen molar-refractivity contribution >= 4 is 39.1 Å². The molecule has 1 aromatic heterocycles. The smallest absolute Gasteiger partial charge is 0.276 e. The van der Waals surface area contributed by atoms with Gasteiger partial charge in [0.05, 0.1) is 17.1 Å². The van der Waals surface area contributed by atoms with Crippen molar-refractivity contribution in [3.05, 3.63) is 71.5 Å². The highest BCUT2D eigenvalue weighted by Gasteiger charge is 2.29. The number of hydrogen-bond acceptors (Lipinski definition) is 5. The lowest BCUT2D eigenvalue weighted by Crippen LogP contribution is -2.49. The SMILES string of the molecule is O=C1CN(S(=O)(=O)c2cccc(NC(=O)c3ccn(-c4cccc(Cl)c4)n3)c2)CCN1. The van der Waals surface area contributed by atoms with Crippen LogP contribution in [0.2, 0.25) is 5.02 Å². The van der Waals surface area contributed by atoms with Gasteiger partial charge in [0.15, 0.2) is 5.69 Å². The van der Waals surface area contributed by atoms with Crippen molar-refractivity contribution in [2.75, 3.05) is 25.0 Å². The van der Waals surface area contributed by atoms with Gasteiger partial charge in [0.1, 0.15) is 0 Å². The molecular formula is C20H18ClN5O4S.